The van der Waals surface area contributed by atoms with Crippen molar-refractivity contribution in [3.05, 3.63) is 42.2 Å². The molecule has 29 heavy (non-hydrogen) atoms. The van der Waals surface area contributed by atoms with Crippen LogP contribution in [-0.2, 0) is 6.42 Å². The van der Waals surface area contributed by atoms with Crippen molar-refractivity contribution in [2.45, 2.75) is 90.6 Å². The van der Waals surface area contributed by atoms with Gasteiger partial charge in [0.1, 0.15) is 0 Å². The Hall–Kier alpha value is -1.97. The number of benzene rings is 1. The monoisotopic (exact) mass is 400 g/mol. The van der Waals surface area contributed by atoms with Crippen LogP contribution in [0.4, 0.5) is 4.39 Å². The van der Waals surface area contributed by atoms with Gasteiger partial charge in [-0.1, -0.05) is 76.1 Å². The minimum absolute atomic E-state index is 0.616. The van der Waals surface area contributed by atoms with Gasteiger partial charge in [-0.2, -0.15) is 0 Å². The number of aryl methyl sites for hydroxylation is 1. The van der Waals surface area contributed by atoms with E-state index < -0.39 is 6.17 Å². The van der Waals surface area contributed by atoms with Crippen molar-refractivity contribution in [2.24, 2.45) is 0 Å². The summed E-state index contributed by atoms with van der Waals surface area (Å²) < 4.78 is 18.6. The largest absolute Gasteiger partial charge is 0.490 e. The molecule has 0 aliphatic carbocycles. The van der Waals surface area contributed by atoms with Crippen molar-refractivity contribution in [1.29, 1.82) is 0 Å². The molecule has 0 saturated carbocycles. The zero-order valence-corrected chi connectivity index (χ0v) is 18.2. The highest BCUT2D eigenvalue weighted by Crippen LogP contribution is 2.19. The van der Waals surface area contributed by atoms with Crippen LogP contribution < -0.4 is 4.74 Å². The highest BCUT2D eigenvalue weighted by atomic mass is 19.1. The lowest BCUT2D eigenvalue weighted by molar-refractivity contribution is 0.302. The van der Waals surface area contributed by atoms with Crippen molar-refractivity contribution in [2.75, 3.05) is 6.61 Å². The van der Waals surface area contributed by atoms with Crippen LogP contribution in [0.3, 0.4) is 0 Å². The first-order valence-corrected chi connectivity index (χ1v) is 11.4. The van der Waals surface area contributed by atoms with Crippen molar-refractivity contribution in [1.82, 2.24) is 9.97 Å². The van der Waals surface area contributed by atoms with Gasteiger partial charge in [-0.05, 0) is 38.2 Å². The number of ether oxygens (including phenoxy) is 1. The van der Waals surface area contributed by atoms with Gasteiger partial charge in [-0.15, -0.1) is 0 Å². The molecule has 3 nitrogen and oxygen atoms in total. The van der Waals surface area contributed by atoms with Gasteiger partial charge in [0.25, 0.3) is 0 Å². The number of aromatic nitrogens is 2. The van der Waals surface area contributed by atoms with Crippen molar-refractivity contribution in [3.8, 4) is 17.1 Å². The van der Waals surface area contributed by atoms with Crippen LogP contribution in [0, 0.1) is 0 Å². The number of rotatable bonds is 15. The standard InChI is InChI=1S/C25H37FN2O/c1-3-4-5-6-7-8-9-10-18-29-24-19-27-25(28-20-24)23-16-14-22(15-17-23)13-11-12-21(2)26/h14-17,19-21H,3-13,18H2,1-2H3. The molecule has 4 heteroatoms. The average molecular weight is 401 g/mol. The Labute approximate surface area is 176 Å². The van der Waals surface area contributed by atoms with E-state index in [1.54, 1.807) is 19.3 Å². The van der Waals surface area contributed by atoms with E-state index in [1.165, 1.54) is 50.5 Å². The Morgan fingerprint density at radius 1 is 0.862 bits per heavy atom. The van der Waals surface area contributed by atoms with E-state index in [4.69, 9.17) is 4.74 Å². The molecular weight excluding hydrogens is 363 g/mol. The normalized spacial score (nSPS) is 12.1. The third kappa shape index (κ3) is 9.87. The molecular formula is C25H37FN2O. The summed E-state index contributed by atoms with van der Waals surface area (Å²) in [7, 11) is 0. The van der Waals surface area contributed by atoms with E-state index >= 15 is 0 Å². The molecule has 0 aliphatic heterocycles. The van der Waals surface area contributed by atoms with Crippen LogP contribution >= 0.6 is 0 Å². The van der Waals surface area contributed by atoms with Crippen LogP contribution in [0.2, 0.25) is 0 Å². The van der Waals surface area contributed by atoms with Crippen LogP contribution in [0.1, 0.15) is 83.6 Å². The lowest BCUT2D eigenvalue weighted by Crippen LogP contribution is -1.99. The molecule has 1 heterocycles. The molecule has 1 atom stereocenters. The Morgan fingerprint density at radius 2 is 1.48 bits per heavy atom. The molecule has 0 bridgehead atoms. The summed E-state index contributed by atoms with van der Waals surface area (Å²) in [4.78, 5) is 8.87. The van der Waals surface area contributed by atoms with Crippen molar-refractivity contribution in [3.63, 3.8) is 0 Å². The van der Waals surface area contributed by atoms with Crippen molar-refractivity contribution >= 4 is 0 Å². The molecule has 0 saturated heterocycles. The maximum absolute atomic E-state index is 12.9. The summed E-state index contributed by atoms with van der Waals surface area (Å²) in [6.45, 7) is 4.59. The Morgan fingerprint density at radius 3 is 2.10 bits per heavy atom. The van der Waals surface area contributed by atoms with Gasteiger partial charge in [-0.25, -0.2) is 14.4 Å². The highest BCUT2D eigenvalue weighted by Gasteiger charge is 2.04. The first kappa shape index (κ1) is 23.3. The minimum atomic E-state index is -0.723. The maximum Gasteiger partial charge on any atom is 0.159 e. The van der Waals surface area contributed by atoms with E-state index in [-0.39, 0.29) is 0 Å². The van der Waals surface area contributed by atoms with Gasteiger partial charge in [0.2, 0.25) is 0 Å². The number of nitrogens with zero attached hydrogens (tertiary/aromatic N) is 2. The summed E-state index contributed by atoms with van der Waals surface area (Å²) in [6, 6.07) is 8.22. The third-order valence-corrected chi connectivity index (χ3v) is 5.17. The van der Waals surface area contributed by atoms with Crippen molar-refractivity contribution < 1.29 is 9.13 Å². The van der Waals surface area contributed by atoms with E-state index in [0.717, 1.165) is 37.2 Å². The molecule has 0 radical (unpaired) electrons. The number of unbranched alkanes of at least 4 members (excludes halogenated alkanes) is 7. The first-order chi connectivity index (χ1) is 14.2. The molecule has 1 aromatic heterocycles. The molecule has 1 aromatic carbocycles. The molecule has 0 amide bonds. The van der Waals surface area contributed by atoms with Crippen LogP contribution in [0.25, 0.3) is 11.4 Å². The van der Waals surface area contributed by atoms with E-state index in [2.05, 4.69) is 29.0 Å². The van der Waals surface area contributed by atoms with Gasteiger partial charge < -0.3 is 4.74 Å². The van der Waals surface area contributed by atoms with E-state index in [0.29, 0.717) is 12.2 Å². The second kappa shape index (κ2) is 14.1. The molecule has 2 aromatic rings. The second-order valence-electron chi connectivity index (χ2n) is 7.94. The van der Waals surface area contributed by atoms with Crippen LogP contribution in [-0.4, -0.2) is 22.7 Å². The average Bonchev–Trinajstić information content (AvgIpc) is 2.73. The molecule has 0 spiro atoms. The zero-order chi connectivity index (χ0) is 20.7. The lowest BCUT2D eigenvalue weighted by atomic mass is 10.0. The molecule has 0 aliphatic rings. The van der Waals surface area contributed by atoms with E-state index in [1.807, 2.05) is 12.1 Å². The van der Waals surface area contributed by atoms with Gasteiger partial charge in [-0.3, -0.25) is 0 Å². The fourth-order valence-corrected chi connectivity index (χ4v) is 3.37. The van der Waals surface area contributed by atoms with Gasteiger partial charge >= 0.3 is 0 Å². The highest BCUT2D eigenvalue weighted by molar-refractivity contribution is 5.55. The van der Waals surface area contributed by atoms with Gasteiger partial charge in [0.15, 0.2) is 11.6 Å². The van der Waals surface area contributed by atoms with Gasteiger partial charge in [0, 0.05) is 5.56 Å². The second-order valence-corrected chi connectivity index (χ2v) is 7.94. The number of hydrogen-bond donors (Lipinski definition) is 0. The minimum Gasteiger partial charge on any atom is -0.490 e. The van der Waals surface area contributed by atoms with E-state index in [9.17, 15) is 4.39 Å². The summed E-state index contributed by atoms with van der Waals surface area (Å²) in [5, 5.41) is 0. The summed E-state index contributed by atoms with van der Waals surface area (Å²) in [5.41, 5.74) is 2.21. The first-order valence-electron chi connectivity index (χ1n) is 11.4. The summed E-state index contributed by atoms with van der Waals surface area (Å²) in [5.74, 6) is 1.43. The summed E-state index contributed by atoms with van der Waals surface area (Å²) >= 11 is 0. The maximum atomic E-state index is 12.9. The number of alkyl halides is 1. The smallest absolute Gasteiger partial charge is 0.159 e. The quantitative estimate of drug-likeness (QED) is 0.293. The molecule has 2 rings (SSSR count). The summed E-state index contributed by atoms with van der Waals surface area (Å²) in [6.07, 6.45) is 15.5. The fraction of sp³-hybridized carbons (Fsp3) is 0.600. The third-order valence-electron chi connectivity index (χ3n) is 5.17. The van der Waals surface area contributed by atoms with Crippen LogP contribution in [0.5, 0.6) is 5.75 Å². The Balaban J connectivity index is 1.66. The SMILES string of the molecule is CCCCCCCCCCOc1cnc(-c2ccc(CCCC(C)F)cc2)nc1. The Bertz CT molecular complexity index is 656. The number of halogens is 1. The predicted octanol–water partition coefficient (Wildman–Crippen LogP) is 7.34. The predicted molar refractivity (Wildman–Crippen MR) is 119 cm³/mol. The fourth-order valence-electron chi connectivity index (χ4n) is 3.37. The molecule has 0 fully saturated rings. The Kier molecular flexibility index (Phi) is 11.3. The zero-order valence-electron chi connectivity index (χ0n) is 18.2. The molecule has 1 unspecified atom stereocenters. The molecule has 160 valence electrons. The van der Waals surface area contributed by atoms with Gasteiger partial charge in [0.05, 0.1) is 25.2 Å². The van der Waals surface area contributed by atoms with Crippen LogP contribution in [0.15, 0.2) is 36.7 Å². The topological polar surface area (TPSA) is 35.0 Å². The lowest BCUT2D eigenvalue weighted by Gasteiger charge is -2.07. The number of hydrogen-bond acceptors (Lipinski definition) is 3. The molecule has 0 N–H and O–H groups in total.